The Kier molecular flexibility index (Phi) is 8.46. The van der Waals surface area contributed by atoms with Crippen molar-refractivity contribution in [3.63, 3.8) is 0 Å². The fourth-order valence-electron chi connectivity index (χ4n) is 1.38. The van der Waals surface area contributed by atoms with Crippen LogP contribution in [0.2, 0.25) is 0 Å². The summed E-state index contributed by atoms with van der Waals surface area (Å²) >= 11 is 3.35. The standard InChI is InChI=1S/C14H22BrO4P/c1-3-5-10-17-20(16,18-11-6-4-2)19-14-9-7-8-13(15)12-14/h7-9,12H,3-6,10-11H2,1-2H3. The zero-order chi connectivity index (χ0) is 14.8. The maximum Gasteiger partial charge on any atom is 0.530 e. The van der Waals surface area contributed by atoms with Gasteiger partial charge in [-0.2, -0.15) is 0 Å². The van der Waals surface area contributed by atoms with Crippen LogP contribution in [-0.4, -0.2) is 13.2 Å². The minimum Gasteiger partial charge on any atom is -0.404 e. The van der Waals surface area contributed by atoms with Gasteiger partial charge < -0.3 is 4.52 Å². The number of phosphoric ester groups is 1. The molecule has 4 nitrogen and oxygen atoms in total. The summed E-state index contributed by atoms with van der Waals surface area (Å²) in [7, 11) is -3.54. The topological polar surface area (TPSA) is 44.8 Å². The zero-order valence-electron chi connectivity index (χ0n) is 12.0. The van der Waals surface area contributed by atoms with E-state index in [1.165, 1.54) is 0 Å². The van der Waals surface area contributed by atoms with Crippen LogP contribution in [0.3, 0.4) is 0 Å². The normalized spacial score (nSPS) is 11.6. The molecule has 0 heterocycles. The van der Waals surface area contributed by atoms with Gasteiger partial charge in [-0.1, -0.05) is 48.7 Å². The lowest BCUT2D eigenvalue weighted by molar-refractivity contribution is 0.152. The summed E-state index contributed by atoms with van der Waals surface area (Å²) in [5, 5.41) is 0. The predicted molar refractivity (Wildman–Crippen MR) is 84.1 cm³/mol. The number of halogens is 1. The third kappa shape index (κ3) is 6.89. The molecular weight excluding hydrogens is 343 g/mol. The first kappa shape index (κ1) is 17.7. The molecule has 0 N–H and O–H groups in total. The Morgan fingerprint density at radius 2 is 1.70 bits per heavy atom. The molecule has 20 heavy (non-hydrogen) atoms. The molecule has 0 atom stereocenters. The first-order valence-corrected chi connectivity index (χ1v) is 9.19. The van der Waals surface area contributed by atoms with Crippen molar-refractivity contribution in [2.75, 3.05) is 13.2 Å². The van der Waals surface area contributed by atoms with Gasteiger partial charge in [-0.05, 0) is 31.0 Å². The molecule has 0 aromatic heterocycles. The minimum absolute atomic E-state index is 0.369. The molecule has 0 amide bonds. The average Bonchev–Trinajstić information content (AvgIpc) is 2.39. The van der Waals surface area contributed by atoms with Gasteiger partial charge in [-0.3, -0.25) is 9.05 Å². The molecule has 6 heteroatoms. The van der Waals surface area contributed by atoms with E-state index >= 15 is 0 Å². The highest BCUT2D eigenvalue weighted by atomic mass is 79.9. The van der Waals surface area contributed by atoms with Gasteiger partial charge in [0.2, 0.25) is 0 Å². The van der Waals surface area contributed by atoms with Gasteiger partial charge in [0, 0.05) is 4.47 Å². The second-order valence-corrected chi connectivity index (χ2v) is 6.88. The molecule has 1 rings (SSSR count). The van der Waals surface area contributed by atoms with Gasteiger partial charge >= 0.3 is 7.82 Å². The first-order valence-electron chi connectivity index (χ1n) is 6.94. The molecule has 0 saturated carbocycles. The van der Waals surface area contributed by atoms with E-state index in [1.54, 1.807) is 12.1 Å². The van der Waals surface area contributed by atoms with Crippen LogP contribution in [0.15, 0.2) is 28.7 Å². The van der Waals surface area contributed by atoms with Crippen molar-refractivity contribution < 1.29 is 18.1 Å². The molecule has 114 valence electrons. The second kappa shape index (κ2) is 9.56. The molecule has 0 radical (unpaired) electrons. The van der Waals surface area contributed by atoms with Crippen LogP contribution in [-0.2, 0) is 13.6 Å². The lowest BCUT2D eigenvalue weighted by atomic mass is 10.3. The van der Waals surface area contributed by atoms with Gasteiger partial charge in [0.25, 0.3) is 0 Å². The number of rotatable bonds is 10. The second-order valence-electron chi connectivity index (χ2n) is 4.37. The maximum absolute atomic E-state index is 12.6. The number of hydrogen-bond acceptors (Lipinski definition) is 4. The van der Waals surface area contributed by atoms with Crippen LogP contribution >= 0.6 is 23.8 Å². The number of hydrogen-bond donors (Lipinski definition) is 0. The highest BCUT2D eigenvalue weighted by Crippen LogP contribution is 2.50. The van der Waals surface area contributed by atoms with E-state index in [1.807, 2.05) is 26.0 Å². The van der Waals surface area contributed by atoms with E-state index in [9.17, 15) is 4.57 Å². The Hall–Kier alpha value is -0.350. The zero-order valence-corrected chi connectivity index (χ0v) is 14.5. The summed E-state index contributed by atoms with van der Waals surface area (Å²) < 4.78 is 29.6. The van der Waals surface area contributed by atoms with Crippen molar-refractivity contribution >= 4 is 23.8 Å². The van der Waals surface area contributed by atoms with Gasteiger partial charge in [0.1, 0.15) is 5.75 Å². The van der Waals surface area contributed by atoms with Gasteiger partial charge in [-0.25, -0.2) is 4.57 Å². The Morgan fingerprint density at radius 1 is 1.10 bits per heavy atom. The largest absolute Gasteiger partial charge is 0.530 e. The molecule has 0 aliphatic carbocycles. The van der Waals surface area contributed by atoms with Crippen molar-refractivity contribution in [2.45, 2.75) is 39.5 Å². The summed E-state index contributed by atoms with van der Waals surface area (Å²) in [6, 6.07) is 7.14. The van der Waals surface area contributed by atoms with Crippen LogP contribution in [0.1, 0.15) is 39.5 Å². The number of benzene rings is 1. The van der Waals surface area contributed by atoms with E-state index in [0.29, 0.717) is 19.0 Å². The molecule has 0 aliphatic heterocycles. The predicted octanol–water partition coefficient (Wildman–Crippen LogP) is 5.57. The minimum atomic E-state index is -3.54. The summed E-state index contributed by atoms with van der Waals surface area (Å²) in [6.45, 7) is 4.82. The molecule has 0 bridgehead atoms. The highest BCUT2D eigenvalue weighted by molar-refractivity contribution is 9.10. The van der Waals surface area contributed by atoms with E-state index in [2.05, 4.69) is 15.9 Å². The van der Waals surface area contributed by atoms with Crippen molar-refractivity contribution in [2.24, 2.45) is 0 Å². The Bertz CT molecular complexity index is 425. The first-order chi connectivity index (χ1) is 9.59. The molecule has 1 aromatic carbocycles. The molecule has 0 spiro atoms. The van der Waals surface area contributed by atoms with E-state index < -0.39 is 7.82 Å². The lowest BCUT2D eigenvalue weighted by Gasteiger charge is -2.18. The van der Waals surface area contributed by atoms with Crippen LogP contribution in [0.25, 0.3) is 0 Å². The number of phosphoric acid groups is 1. The SMILES string of the molecule is CCCCOP(=O)(OCCCC)Oc1cccc(Br)c1. The maximum atomic E-state index is 12.6. The third-order valence-corrected chi connectivity index (χ3v) is 4.43. The van der Waals surface area contributed by atoms with Crippen molar-refractivity contribution in [1.29, 1.82) is 0 Å². The van der Waals surface area contributed by atoms with Gasteiger partial charge in [0.05, 0.1) is 13.2 Å². The van der Waals surface area contributed by atoms with Crippen LogP contribution in [0, 0.1) is 0 Å². The fraction of sp³-hybridized carbons (Fsp3) is 0.571. The van der Waals surface area contributed by atoms with Crippen molar-refractivity contribution in [3.05, 3.63) is 28.7 Å². The summed E-state index contributed by atoms with van der Waals surface area (Å²) in [5.41, 5.74) is 0. The quantitative estimate of drug-likeness (QED) is 0.402. The van der Waals surface area contributed by atoms with Gasteiger partial charge in [0.15, 0.2) is 0 Å². The van der Waals surface area contributed by atoms with E-state index in [4.69, 9.17) is 13.6 Å². The fourth-order valence-corrected chi connectivity index (χ4v) is 3.02. The van der Waals surface area contributed by atoms with Crippen molar-refractivity contribution in [1.82, 2.24) is 0 Å². The molecule has 0 aliphatic rings. The Morgan fingerprint density at radius 3 is 2.20 bits per heavy atom. The molecular formula is C14H22BrO4P. The van der Waals surface area contributed by atoms with E-state index in [-0.39, 0.29) is 0 Å². The summed E-state index contributed by atoms with van der Waals surface area (Å²) in [4.78, 5) is 0. The van der Waals surface area contributed by atoms with E-state index in [0.717, 1.165) is 30.2 Å². The van der Waals surface area contributed by atoms with Gasteiger partial charge in [-0.15, -0.1) is 0 Å². The average molecular weight is 365 g/mol. The van der Waals surface area contributed by atoms with Crippen LogP contribution in [0.4, 0.5) is 0 Å². The van der Waals surface area contributed by atoms with Crippen LogP contribution in [0.5, 0.6) is 5.75 Å². The summed E-state index contributed by atoms with van der Waals surface area (Å²) in [6.07, 6.45) is 3.57. The monoisotopic (exact) mass is 364 g/mol. The Labute approximate surface area is 129 Å². The summed E-state index contributed by atoms with van der Waals surface area (Å²) in [5.74, 6) is 0.468. The molecule has 0 fully saturated rings. The Balaban J connectivity index is 2.67. The van der Waals surface area contributed by atoms with Crippen molar-refractivity contribution in [3.8, 4) is 5.75 Å². The third-order valence-electron chi connectivity index (χ3n) is 2.51. The molecule has 1 aromatic rings. The lowest BCUT2D eigenvalue weighted by Crippen LogP contribution is -2.05. The van der Waals surface area contributed by atoms with Crippen LogP contribution < -0.4 is 4.52 Å². The number of unbranched alkanes of at least 4 members (excludes halogenated alkanes) is 2. The smallest absolute Gasteiger partial charge is 0.404 e. The molecule has 0 unspecified atom stereocenters. The molecule has 0 saturated heterocycles. The highest BCUT2D eigenvalue weighted by Gasteiger charge is 2.28.